The van der Waals surface area contributed by atoms with E-state index in [2.05, 4.69) is 12.2 Å². The van der Waals surface area contributed by atoms with Gasteiger partial charge in [-0.25, -0.2) is 4.79 Å². The number of carbonyl (C=O) groups is 2. The maximum Gasteiger partial charge on any atom is 0.326 e. The van der Waals surface area contributed by atoms with Gasteiger partial charge in [-0.1, -0.05) is 0 Å². The number of hydrogen-bond acceptors (Lipinski definition) is 4. The summed E-state index contributed by atoms with van der Waals surface area (Å²) in [6.45, 7) is 3.26. The van der Waals surface area contributed by atoms with Crippen molar-refractivity contribution < 1.29 is 19.4 Å². The Morgan fingerprint density at radius 3 is 2.68 bits per heavy atom. The first-order valence-electron chi connectivity index (χ1n) is 6.82. The molecule has 0 aromatic rings. The number of amides is 1. The molecule has 2 heterocycles. The molecule has 2 rings (SSSR count). The van der Waals surface area contributed by atoms with Gasteiger partial charge in [0.1, 0.15) is 6.04 Å². The number of nitrogens with one attached hydrogen (secondary N) is 1. The van der Waals surface area contributed by atoms with E-state index < -0.39 is 12.0 Å². The van der Waals surface area contributed by atoms with Crippen LogP contribution < -0.4 is 5.32 Å². The second-order valence-electron chi connectivity index (χ2n) is 5.51. The summed E-state index contributed by atoms with van der Waals surface area (Å²) >= 11 is 0. The normalized spacial score (nSPS) is 35.4. The molecule has 6 nitrogen and oxygen atoms in total. The number of methoxy groups -OCH3 is 1. The monoisotopic (exact) mass is 270 g/mol. The first-order valence-corrected chi connectivity index (χ1v) is 6.82. The smallest absolute Gasteiger partial charge is 0.326 e. The zero-order chi connectivity index (χ0) is 14.0. The zero-order valence-corrected chi connectivity index (χ0v) is 11.5. The highest BCUT2D eigenvalue weighted by Crippen LogP contribution is 2.26. The number of rotatable bonds is 3. The zero-order valence-electron chi connectivity index (χ0n) is 11.5. The molecule has 0 aromatic carbocycles. The molecule has 4 atom stereocenters. The minimum Gasteiger partial charge on any atom is -0.480 e. The molecule has 108 valence electrons. The average molecular weight is 270 g/mol. The highest BCUT2D eigenvalue weighted by Gasteiger charge is 2.42. The summed E-state index contributed by atoms with van der Waals surface area (Å²) in [6, 6.07) is -0.422. The van der Waals surface area contributed by atoms with Crippen LogP contribution in [-0.4, -0.2) is 60.3 Å². The van der Waals surface area contributed by atoms with Crippen molar-refractivity contribution >= 4 is 11.9 Å². The molecular formula is C13H22N2O4. The lowest BCUT2D eigenvalue weighted by Crippen LogP contribution is -2.47. The highest BCUT2D eigenvalue weighted by molar-refractivity contribution is 5.86. The first kappa shape index (κ1) is 14.3. The van der Waals surface area contributed by atoms with Gasteiger partial charge in [0.15, 0.2) is 0 Å². The standard InChI is InChI=1S/C13H22N2O4/c1-8-5-9(3-4-14-8)12(16)15-7-10(19-2)6-11(15)13(17)18/h8-11,14H,3-7H2,1-2H3,(H,17,18). The summed E-state index contributed by atoms with van der Waals surface area (Å²) < 4.78 is 5.21. The van der Waals surface area contributed by atoms with Crippen LogP contribution >= 0.6 is 0 Å². The Balaban J connectivity index is 2.05. The van der Waals surface area contributed by atoms with Crippen molar-refractivity contribution in [1.82, 2.24) is 10.2 Å². The number of hydrogen-bond donors (Lipinski definition) is 2. The van der Waals surface area contributed by atoms with Crippen LogP contribution in [0.2, 0.25) is 0 Å². The van der Waals surface area contributed by atoms with Crippen LogP contribution in [0.25, 0.3) is 0 Å². The van der Waals surface area contributed by atoms with E-state index in [1.165, 1.54) is 4.90 Å². The summed E-state index contributed by atoms with van der Waals surface area (Å²) in [7, 11) is 1.56. The molecule has 2 aliphatic rings. The number of ether oxygens (including phenoxy) is 1. The van der Waals surface area contributed by atoms with Crippen molar-refractivity contribution in [3.8, 4) is 0 Å². The number of likely N-dealkylation sites (tertiary alicyclic amines) is 1. The van der Waals surface area contributed by atoms with Gasteiger partial charge in [0, 0.05) is 32.0 Å². The van der Waals surface area contributed by atoms with Crippen molar-refractivity contribution in [2.75, 3.05) is 20.2 Å². The highest BCUT2D eigenvalue weighted by atomic mass is 16.5. The fourth-order valence-corrected chi connectivity index (χ4v) is 3.04. The van der Waals surface area contributed by atoms with Crippen molar-refractivity contribution in [1.29, 1.82) is 0 Å². The van der Waals surface area contributed by atoms with E-state index in [1.54, 1.807) is 7.11 Å². The molecule has 0 radical (unpaired) electrons. The Hall–Kier alpha value is -1.14. The lowest BCUT2D eigenvalue weighted by Gasteiger charge is -2.31. The number of piperidine rings is 1. The molecule has 19 heavy (non-hydrogen) atoms. The Morgan fingerprint density at radius 2 is 2.11 bits per heavy atom. The average Bonchev–Trinajstić information content (AvgIpc) is 2.82. The fourth-order valence-electron chi connectivity index (χ4n) is 3.04. The van der Waals surface area contributed by atoms with E-state index in [0.717, 1.165) is 19.4 Å². The lowest BCUT2D eigenvalue weighted by molar-refractivity contribution is -0.150. The fraction of sp³-hybridized carbons (Fsp3) is 0.846. The SMILES string of the molecule is COC1CC(C(=O)O)N(C(=O)C2CCNC(C)C2)C1. The van der Waals surface area contributed by atoms with Crippen LogP contribution in [0.4, 0.5) is 0 Å². The Kier molecular flexibility index (Phi) is 4.42. The molecule has 2 N–H and O–H groups in total. The van der Waals surface area contributed by atoms with Gasteiger partial charge in [-0.3, -0.25) is 4.79 Å². The molecule has 6 heteroatoms. The predicted molar refractivity (Wildman–Crippen MR) is 68.7 cm³/mol. The predicted octanol–water partition coefficient (Wildman–Crippen LogP) is 0.0750. The van der Waals surface area contributed by atoms with Crippen molar-refractivity contribution in [3.05, 3.63) is 0 Å². The quantitative estimate of drug-likeness (QED) is 0.759. The van der Waals surface area contributed by atoms with E-state index in [-0.39, 0.29) is 17.9 Å². The van der Waals surface area contributed by atoms with Crippen LogP contribution in [0.15, 0.2) is 0 Å². The molecule has 4 unspecified atom stereocenters. The molecule has 2 fully saturated rings. The van der Waals surface area contributed by atoms with Gasteiger partial charge in [-0.2, -0.15) is 0 Å². The molecule has 2 aliphatic heterocycles. The van der Waals surface area contributed by atoms with Gasteiger partial charge in [0.2, 0.25) is 5.91 Å². The second-order valence-corrected chi connectivity index (χ2v) is 5.51. The van der Waals surface area contributed by atoms with Gasteiger partial charge < -0.3 is 20.1 Å². The molecule has 2 saturated heterocycles. The maximum absolute atomic E-state index is 12.5. The molecule has 0 saturated carbocycles. The van der Waals surface area contributed by atoms with Crippen LogP contribution in [0, 0.1) is 5.92 Å². The number of carbonyl (C=O) groups excluding carboxylic acids is 1. The van der Waals surface area contributed by atoms with Crippen LogP contribution in [0.3, 0.4) is 0 Å². The van der Waals surface area contributed by atoms with E-state index in [4.69, 9.17) is 4.74 Å². The van der Waals surface area contributed by atoms with Crippen molar-refractivity contribution in [2.24, 2.45) is 5.92 Å². The van der Waals surface area contributed by atoms with E-state index in [9.17, 15) is 14.7 Å². The van der Waals surface area contributed by atoms with Crippen LogP contribution in [0.5, 0.6) is 0 Å². The number of carboxylic acids is 1. The summed E-state index contributed by atoms with van der Waals surface area (Å²) in [6.07, 6.45) is 1.78. The lowest BCUT2D eigenvalue weighted by atomic mass is 9.92. The molecule has 0 aliphatic carbocycles. The summed E-state index contributed by atoms with van der Waals surface area (Å²) in [5, 5.41) is 12.5. The molecule has 0 bridgehead atoms. The summed E-state index contributed by atoms with van der Waals surface area (Å²) in [4.78, 5) is 25.3. The topological polar surface area (TPSA) is 78.9 Å². The Bertz CT molecular complexity index is 361. The first-order chi connectivity index (χ1) is 9.02. The summed E-state index contributed by atoms with van der Waals surface area (Å²) in [5.41, 5.74) is 0. The van der Waals surface area contributed by atoms with E-state index in [1.807, 2.05) is 0 Å². The van der Waals surface area contributed by atoms with Crippen molar-refractivity contribution in [2.45, 2.75) is 44.4 Å². The molecular weight excluding hydrogens is 248 g/mol. The number of nitrogens with zero attached hydrogens (tertiary/aromatic N) is 1. The number of aliphatic carboxylic acids is 1. The van der Waals surface area contributed by atoms with Gasteiger partial charge in [0.05, 0.1) is 6.10 Å². The largest absolute Gasteiger partial charge is 0.480 e. The molecule has 0 spiro atoms. The third kappa shape index (κ3) is 3.06. The van der Waals surface area contributed by atoms with Gasteiger partial charge >= 0.3 is 5.97 Å². The minimum atomic E-state index is -0.935. The van der Waals surface area contributed by atoms with Gasteiger partial charge in [-0.15, -0.1) is 0 Å². The Labute approximate surface area is 113 Å². The Morgan fingerprint density at radius 1 is 1.37 bits per heavy atom. The van der Waals surface area contributed by atoms with Gasteiger partial charge in [-0.05, 0) is 26.3 Å². The van der Waals surface area contributed by atoms with E-state index >= 15 is 0 Å². The van der Waals surface area contributed by atoms with Crippen molar-refractivity contribution in [3.63, 3.8) is 0 Å². The number of carboxylic acid groups (broad SMARTS) is 1. The third-order valence-corrected chi connectivity index (χ3v) is 4.14. The van der Waals surface area contributed by atoms with Crippen LogP contribution in [-0.2, 0) is 14.3 Å². The van der Waals surface area contributed by atoms with Crippen LogP contribution in [0.1, 0.15) is 26.2 Å². The molecule has 1 amide bonds. The minimum absolute atomic E-state index is 0.0275. The summed E-state index contributed by atoms with van der Waals surface area (Å²) in [5.74, 6) is -1.02. The van der Waals surface area contributed by atoms with Gasteiger partial charge in [0.25, 0.3) is 0 Å². The molecule has 0 aromatic heterocycles. The third-order valence-electron chi connectivity index (χ3n) is 4.14. The maximum atomic E-state index is 12.5. The van der Waals surface area contributed by atoms with E-state index in [0.29, 0.717) is 19.0 Å². The second kappa shape index (κ2) is 5.88.